The third-order valence-electron chi connectivity index (χ3n) is 3.88. The molecule has 0 amide bonds. The molecule has 0 spiro atoms. The largest absolute Gasteiger partial charge is 0.480 e. The second kappa shape index (κ2) is 7.32. The Morgan fingerprint density at radius 2 is 1.95 bits per heavy atom. The highest BCUT2D eigenvalue weighted by atomic mass is 79.9. The van der Waals surface area contributed by atoms with Crippen molar-refractivity contribution >= 4 is 39.2 Å². The summed E-state index contributed by atoms with van der Waals surface area (Å²) in [5, 5.41) is 13.3. The van der Waals surface area contributed by atoms with E-state index in [-0.39, 0.29) is 5.92 Å². The van der Waals surface area contributed by atoms with Gasteiger partial charge in [-0.15, -0.1) is 0 Å². The summed E-state index contributed by atoms with van der Waals surface area (Å²) in [7, 11) is 0. The normalized spacial score (nSPS) is 18.3. The Hall–Kier alpha value is -0.740. The molecule has 5 heteroatoms. The number of carbonyl (C=O) groups is 1. The van der Waals surface area contributed by atoms with Gasteiger partial charge in [0.1, 0.15) is 6.04 Å². The molecule has 0 bridgehead atoms. The minimum atomic E-state index is -0.775. The van der Waals surface area contributed by atoms with Gasteiger partial charge in [-0.2, -0.15) is 0 Å². The molecule has 1 unspecified atom stereocenters. The molecular formula is C15H19BrClNO2. The van der Waals surface area contributed by atoms with Gasteiger partial charge >= 0.3 is 5.97 Å². The summed E-state index contributed by atoms with van der Waals surface area (Å²) in [6, 6.07) is 4.88. The van der Waals surface area contributed by atoms with Crippen LogP contribution in [0, 0.1) is 5.92 Å². The van der Waals surface area contributed by atoms with Crippen molar-refractivity contribution in [2.45, 2.75) is 44.6 Å². The molecule has 1 aliphatic rings. The summed E-state index contributed by atoms with van der Waals surface area (Å²) in [5.74, 6) is -0.576. The smallest absolute Gasteiger partial charge is 0.326 e. The summed E-state index contributed by atoms with van der Waals surface area (Å²) >= 11 is 9.32. The van der Waals surface area contributed by atoms with Crippen molar-refractivity contribution in [3.8, 4) is 0 Å². The lowest BCUT2D eigenvalue weighted by molar-refractivity contribution is -0.139. The highest BCUT2D eigenvalue weighted by Gasteiger charge is 2.28. The molecule has 1 aromatic rings. The zero-order valence-corrected chi connectivity index (χ0v) is 13.6. The predicted octanol–water partition coefficient (Wildman–Crippen LogP) is 4.94. The third kappa shape index (κ3) is 4.13. The summed E-state index contributed by atoms with van der Waals surface area (Å²) in [6.45, 7) is 0. The van der Waals surface area contributed by atoms with Crippen molar-refractivity contribution in [1.29, 1.82) is 0 Å². The van der Waals surface area contributed by atoms with Crippen LogP contribution in [0.4, 0.5) is 5.69 Å². The van der Waals surface area contributed by atoms with E-state index in [9.17, 15) is 9.90 Å². The SMILES string of the molecule is O=C(O)C(Nc1ccc(Cl)c(Br)c1)C1CCCCCC1. The third-order valence-corrected chi connectivity index (χ3v) is 5.09. The van der Waals surface area contributed by atoms with Crippen LogP contribution in [0.2, 0.25) is 5.02 Å². The zero-order valence-electron chi connectivity index (χ0n) is 11.2. The molecular weight excluding hydrogens is 342 g/mol. The van der Waals surface area contributed by atoms with Gasteiger partial charge < -0.3 is 10.4 Å². The van der Waals surface area contributed by atoms with Crippen LogP contribution in [-0.2, 0) is 4.79 Å². The fraction of sp³-hybridized carbons (Fsp3) is 0.533. The van der Waals surface area contributed by atoms with Gasteiger partial charge in [0.15, 0.2) is 0 Å². The predicted molar refractivity (Wildman–Crippen MR) is 85.4 cm³/mol. The Morgan fingerprint density at radius 1 is 1.30 bits per heavy atom. The lowest BCUT2D eigenvalue weighted by Gasteiger charge is -2.24. The first-order valence-electron chi connectivity index (χ1n) is 7.02. The van der Waals surface area contributed by atoms with Gasteiger partial charge in [0.2, 0.25) is 0 Å². The van der Waals surface area contributed by atoms with E-state index < -0.39 is 12.0 Å². The van der Waals surface area contributed by atoms with E-state index in [2.05, 4.69) is 21.2 Å². The van der Waals surface area contributed by atoms with Crippen molar-refractivity contribution in [3.63, 3.8) is 0 Å². The minimum Gasteiger partial charge on any atom is -0.480 e. The molecule has 2 rings (SSSR count). The van der Waals surface area contributed by atoms with Gasteiger partial charge in [-0.3, -0.25) is 0 Å². The number of carboxylic acids is 1. The Balaban J connectivity index is 2.11. The molecule has 1 aliphatic carbocycles. The quantitative estimate of drug-likeness (QED) is 0.748. The second-order valence-corrected chi connectivity index (χ2v) is 6.60. The van der Waals surface area contributed by atoms with Gasteiger partial charge in [-0.25, -0.2) is 4.79 Å². The van der Waals surface area contributed by atoms with Crippen molar-refractivity contribution in [2.24, 2.45) is 5.92 Å². The lowest BCUT2D eigenvalue weighted by atomic mass is 9.91. The Bertz CT molecular complexity index is 473. The second-order valence-electron chi connectivity index (χ2n) is 5.34. The van der Waals surface area contributed by atoms with Gasteiger partial charge in [-0.1, -0.05) is 37.3 Å². The van der Waals surface area contributed by atoms with Crippen molar-refractivity contribution < 1.29 is 9.90 Å². The van der Waals surface area contributed by atoms with E-state index in [1.807, 2.05) is 12.1 Å². The molecule has 110 valence electrons. The maximum absolute atomic E-state index is 11.6. The van der Waals surface area contributed by atoms with Crippen molar-refractivity contribution in [1.82, 2.24) is 0 Å². The van der Waals surface area contributed by atoms with Gasteiger partial charge in [0, 0.05) is 10.2 Å². The first-order chi connectivity index (χ1) is 9.58. The standard InChI is InChI=1S/C15H19BrClNO2/c16-12-9-11(7-8-13(12)17)18-14(15(19)20)10-5-3-1-2-4-6-10/h7-10,14,18H,1-6H2,(H,19,20). The monoisotopic (exact) mass is 359 g/mol. The van der Waals surface area contributed by atoms with Crippen LogP contribution in [0.5, 0.6) is 0 Å². The summed E-state index contributed by atoms with van der Waals surface area (Å²) in [5.41, 5.74) is 0.790. The van der Waals surface area contributed by atoms with E-state index in [4.69, 9.17) is 11.6 Å². The number of carboxylic acid groups (broad SMARTS) is 1. The molecule has 20 heavy (non-hydrogen) atoms. The van der Waals surface area contributed by atoms with Crippen LogP contribution in [0.15, 0.2) is 22.7 Å². The number of hydrogen-bond donors (Lipinski definition) is 2. The molecule has 1 saturated carbocycles. The van der Waals surface area contributed by atoms with Crippen LogP contribution >= 0.6 is 27.5 Å². The van der Waals surface area contributed by atoms with E-state index in [0.717, 1.165) is 35.8 Å². The average Bonchev–Trinajstić information content (AvgIpc) is 2.68. The summed E-state index contributed by atoms with van der Waals surface area (Å²) in [4.78, 5) is 11.6. The number of anilines is 1. The lowest BCUT2D eigenvalue weighted by Crippen LogP contribution is -2.36. The fourth-order valence-corrected chi connectivity index (χ4v) is 3.29. The molecule has 0 heterocycles. The van der Waals surface area contributed by atoms with E-state index >= 15 is 0 Å². The van der Waals surface area contributed by atoms with E-state index in [1.54, 1.807) is 6.07 Å². The molecule has 1 atom stereocenters. The maximum Gasteiger partial charge on any atom is 0.326 e. The maximum atomic E-state index is 11.6. The van der Waals surface area contributed by atoms with E-state index in [1.165, 1.54) is 12.8 Å². The van der Waals surface area contributed by atoms with Gasteiger partial charge in [0.05, 0.1) is 5.02 Å². The highest BCUT2D eigenvalue weighted by molar-refractivity contribution is 9.10. The molecule has 2 N–H and O–H groups in total. The number of aliphatic carboxylic acids is 1. The molecule has 0 radical (unpaired) electrons. The average molecular weight is 361 g/mol. The molecule has 1 fully saturated rings. The first-order valence-corrected chi connectivity index (χ1v) is 8.19. The van der Waals surface area contributed by atoms with Crippen molar-refractivity contribution in [2.75, 3.05) is 5.32 Å². The van der Waals surface area contributed by atoms with Crippen LogP contribution in [0.25, 0.3) is 0 Å². The number of hydrogen-bond acceptors (Lipinski definition) is 2. The molecule has 0 saturated heterocycles. The number of rotatable bonds is 4. The molecule has 1 aromatic carbocycles. The number of nitrogens with one attached hydrogen (secondary N) is 1. The minimum absolute atomic E-state index is 0.199. The molecule has 3 nitrogen and oxygen atoms in total. The zero-order chi connectivity index (χ0) is 14.5. The van der Waals surface area contributed by atoms with Crippen LogP contribution in [0.1, 0.15) is 38.5 Å². The summed E-state index contributed by atoms with van der Waals surface area (Å²) in [6.07, 6.45) is 6.66. The van der Waals surface area contributed by atoms with Crippen LogP contribution in [0.3, 0.4) is 0 Å². The van der Waals surface area contributed by atoms with Crippen LogP contribution < -0.4 is 5.32 Å². The Kier molecular flexibility index (Phi) is 5.73. The highest BCUT2D eigenvalue weighted by Crippen LogP contribution is 2.30. The Labute approximate surface area is 132 Å². The number of benzene rings is 1. The number of halogens is 2. The van der Waals surface area contributed by atoms with Gasteiger partial charge in [0.25, 0.3) is 0 Å². The van der Waals surface area contributed by atoms with Crippen molar-refractivity contribution in [3.05, 3.63) is 27.7 Å². The first kappa shape index (κ1) is 15.6. The fourth-order valence-electron chi connectivity index (χ4n) is 2.79. The van der Waals surface area contributed by atoms with Crippen LogP contribution in [-0.4, -0.2) is 17.1 Å². The molecule has 0 aromatic heterocycles. The molecule has 0 aliphatic heterocycles. The Morgan fingerprint density at radius 3 is 2.50 bits per heavy atom. The van der Waals surface area contributed by atoms with Gasteiger partial charge in [-0.05, 0) is 52.9 Å². The summed E-state index contributed by atoms with van der Waals surface area (Å²) < 4.78 is 0.772. The topological polar surface area (TPSA) is 49.3 Å². The van der Waals surface area contributed by atoms with E-state index in [0.29, 0.717) is 5.02 Å².